The maximum absolute atomic E-state index is 12.3. The van der Waals surface area contributed by atoms with E-state index in [-0.39, 0.29) is 12.0 Å². The van der Waals surface area contributed by atoms with Crippen LogP contribution in [0.4, 0.5) is 5.69 Å². The fourth-order valence-corrected chi connectivity index (χ4v) is 4.64. The Morgan fingerprint density at radius 1 is 1.11 bits per heavy atom. The van der Waals surface area contributed by atoms with Gasteiger partial charge in [-0.3, -0.25) is 9.59 Å². The molecule has 0 aliphatic carbocycles. The molecule has 0 radical (unpaired) electrons. The topological polar surface area (TPSA) is 103 Å². The minimum Gasteiger partial charge on any atom is -0.490 e. The van der Waals surface area contributed by atoms with Crippen molar-refractivity contribution in [1.82, 2.24) is 5.32 Å². The summed E-state index contributed by atoms with van der Waals surface area (Å²) < 4.78 is 16.5. The van der Waals surface area contributed by atoms with Crippen LogP contribution in [0.5, 0.6) is 11.5 Å². The van der Waals surface area contributed by atoms with Gasteiger partial charge in [-0.25, -0.2) is 0 Å². The number of ether oxygens (including phenoxy) is 3. The summed E-state index contributed by atoms with van der Waals surface area (Å²) in [5, 5.41) is 3.51. The molecule has 8 heteroatoms. The number of nitrogens with two attached hydrogens (primary N) is 1. The van der Waals surface area contributed by atoms with E-state index in [1.54, 1.807) is 0 Å². The van der Waals surface area contributed by atoms with Crippen LogP contribution in [-0.2, 0) is 22.4 Å². The second-order valence-electron chi connectivity index (χ2n) is 9.49. The third kappa shape index (κ3) is 8.39. The van der Waals surface area contributed by atoms with Crippen molar-refractivity contribution in [3.05, 3.63) is 53.1 Å². The van der Waals surface area contributed by atoms with Crippen molar-refractivity contribution in [3.8, 4) is 11.5 Å². The average Bonchev–Trinajstić information content (AvgIpc) is 3.29. The number of carbonyl (C=O) groups excluding carboxylic acids is 2. The zero-order valence-corrected chi connectivity index (χ0v) is 22.4. The SMILES string of the molecule is CCCCOc1ccccc1OCCNC(C)Cc1cc2c(c(C(N)=O)c1)N(CCCC(=O)OC)CC2. The van der Waals surface area contributed by atoms with Crippen molar-refractivity contribution in [2.75, 3.05) is 44.9 Å². The van der Waals surface area contributed by atoms with Crippen LogP contribution in [0.15, 0.2) is 36.4 Å². The van der Waals surface area contributed by atoms with E-state index in [2.05, 4.69) is 30.1 Å². The van der Waals surface area contributed by atoms with E-state index in [1.807, 2.05) is 30.3 Å². The van der Waals surface area contributed by atoms with Crippen LogP contribution >= 0.6 is 0 Å². The first kappa shape index (κ1) is 28.3. The van der Waals surface area contributed by atoms with Crippen molar-refractivity contribution in [2.24, 2.45) is 5.73 Å². The number of nitrogens with zero attached hydrogens (tertiary/aromatic N) is 1. The Morgan fingerprint density at radius 3 is 2.51 bits per heavy atom. The first-order chi connectivity index (χ1) is 17.9. The normalized spacial score (nSPS) is 13.2. The Hall–Kier alpha value is -3.26. The van der Waals surface area contributed by atoms with Gasteiger partial charge in [0.25, 0.3) is 5.91 Å². The first-order valence-electron chi connectivity index (χ1n) is 13.3. The average molecular weight is 512 g/mol. The van der Waals surface area contributed by atoms with Gasteiger partial charge in [0.15, 0.2) is 11.5 Å². The van der Waals surface area contributed by atoms with Crippen LogP contribution in [0.1, 0.15) is 61.0 Å². The van der Waals surface area contributed by atoms with Crippen molar-refractivity contribution in [3.63, 3.8) is 0 Å². The molecule has 0 saturated heterocycles. The molecule has 1 amide bonds. The Kier molecular flexibility index (Phi) is 11.1. The van der Waals surface area contributed by atoms with Crippen LogP contribution in [0.3, 0.4) is 0 Å². The molecule has 202 valence electrons. The molecule has 1 aliphatic rings. The Bertz CT molecular complexity index is 1040. The van der Waals surface area contributed by atoms with Gasteiger partial charge in [-0.1, -0.05) is 31.5 Å². The molecule has 0 aromatic heterocycles. The van der Waals surface area contributed by atoms with Crippen molar-refractivity contribution >= 4 is 17.6 Å². The summed E-state index contributed by atoms with van der Waals surface area (Å²) in [6, 6.07) is 12.1. The Balaban J connectivity index is 1.52. The molecule has 0 fully saturated rings. The summed E-state index contributed by atoms with van der Waals surface area (Å²) in [7, 11) is 1.40. The van der Waals surface area contributed by atoms with Crippen LogP contribution < -0.4 is 25.4 Å². The fourth-order valence-electron chi connectivity index (χ4n) is 4.64. The van der Waals surface area contributed by atoms with Gasteiger partial charge in [-0.15, -0.1) is 0 Å². The van der Waals surface area contributed by atoms with Gasteiger partial charge in [0, 0.05) is 32.1 Å². The molecule has 2 aromatic rings. The fraction of sp³-hybridized carbons (Fsp3) is 0.517. The highest BCUT2D eigenvalue weighted by Gasteiger charge is 2.25. The molecule has 37 heavy (non-hydrogen) atoms. The maximum Gasteiger partial charge on any atom is 0.305 e. The number of benzene rings is 2. The summed E-state index contributed by atoms with van der Waals surface area (Å²) in [4.78, 5) is 25.9. The van der Waals surface area contributed by atoms with Gasteiger partial charge in [0.2, 0.25) is 0 Å². The lowest BCUT2D eigenvalue weighted by molar-refractivity contribution is -0.140. The highest BCUT2D eigenvalue weighted by atomic mass is 16.5. The summed E-state index contributed by atoms with van der Waals surface area (Å²) >= 11 is 0. The lowest BCUT2D eigenvalue weighted by atomic mass is 9.98. The maximum atomic E-state index is 12.3. The summed E-state index contributed by atoms with van der Waals surface area (Å²) in [6.45, 7) is 7.66. The van der Waals surface area contributed by atoms with Crippen LogP contribution in [0.2, 0.25) is 0 Å². The number of anilines is 1. The van der Waals surface area contributed by atoms with Gasteiger partial charge < -0.3 is 30.2 Å². The van der Waals surface area contributed by atoms with E-state index in [0.717, 1.165) is 60.5 Å². The van der Waals surface area contributed by atoms with Crippen molar-refractivity contribution in [2.45, 2.75) is 58.4 Å². The number of hydrogen-bond donors (Lipinski definition) is 2. The lowest BCUT2D eigenvalue weighted by Crippen LogP contribution is -2.32. The van der Waals surface area contributed by atoms with Gasteiger partial charge in [0.05, 0.1) is 25.0 Å². The van der Waals surface area contributed by atoms with E-state index in [1.165, 1.54) is 7.11 Å². The summed E-state index contributed by atoms with van der Waals surface area (Å²) in [6.07, 6.45) is 4.76. The molecule has 0 bridgehead atoms. The van der Waals surface area contributed by atoms with Crippen LogP contribution in [0.25, 0.3) is 0 Å². The molecule has 3 N–H and O–H groups in total. The second kappa shape index (κ2) is 14.5. The number of para-hydroxylation sites is 2. The molecule has 1 unspecified atom stereocenters. The molecule has 1 heterocycles. The monoisotopic (exact) mass is 511 g/mol. The molecule has 3 rings (SSSR count). The van der Waals surface area contributed by atoms with E-state index < -0.39 is 5.91 Å². The minimum atomic E-state index is -0.424. The molecular formula is C29H41N3O5. The second-order valence-corrected chi connectivity index (χ2v) is 9.49. The Morgan fingerprint density at radius 2 is 1.84 bits per heavy atom. The summed E-state index contributed by atoms with van der Waals surface area (Å²) in [5.74, 6) is 0.891. The van der Waals surface area contributed by atoms with Crippen molar-refractivity contribution in [1.29, 1.82) is 0 Å². The first-order valence-corrected chi connectivity index (χ1v) is 13.3. The van der Waals surface area contributed by atoms with Crippen LogP contribution in [-0.4, -0.2) is 57.9 Å². The predicted molar refractivity (Wildman–Crippen MR) is 146 cm³/mol. The van der Waals surface area contributed by atoms with Crippen molar-refractivity contribution < 1.29 is 23.8 Å². The number of hydrogen-bond acceptors (Lipinski definition) is 7. The molecule has 8 nitrogen and oxygen atoms in total. The lowest BCUT2D eigenvalue weighted by Gasteiger charge is -2.22. The molecule has 1 aliphatic heterocycles. The minimum absolute atomic E-state index is 0.191. The molecule has 1 atom stereocenters. The molecule has 0 saturated carbocycles. The zero-order chi connectivity index (χ0) is 26.6. The van der Waals surface area contributed by atoms with E-state index in [9.17, 15) is 9.59 Å². The number of unbranched alkanes of at least 4 members (excludes halogenated alkanes) is 1. The highest BCUT2D eigenvalue weighted by molar-refractivity contribution is 6.00. The number of carbonyl (C=O) groups is 2. The van der Waals surface area contributed by atoms with Gasteiger partial charge in [-0.2, -0.15) is 0 Å². The quantitative estimate of drug-likeness (QED) is 0.260. The van der Waals surface area contributed by atoms with Gasteiger partial charge in [-0.05, 0) is 61.9 Å². The van der Waals surface area contributed by atoms with Gasteiger partial charge in [0.1, 0.15) is 6.61 Å². The highest BCUT2D eigenvalue weighted by Crippen LogP contribution is 2.34. The molecular weight excluding hydrogens is 470 g/mol. The van der Waals surface area contributed by atoms with Gasteiger partial charge >= 0.3 is 5.97 Å². The largest absolute Gasteiger partial charge is 0.490 e. The molecule has 2 aromatic carbocycles. The number of rotatable bonds is 16. The number of fused-ring (bicyclic) bond motifs is 1. The third-order valence-electron chi connectivity index (χ3n) is 6.52. The smallest absolute Gasteiger partial charge is 0.305 e. The van der Waals surface area contributed by atoms with E-state index in [0.29, 0.717) is 44.7 Å². The number of esters is 1. The Labute approximate surface area is 220 Å². The number of nitrogens with one attached hydrogen (secondary N) is 1. The predicted octanol–water partition coefficient (Wildman–Crippen LogP) is 3.88. The van der Waals surface area contributed by atoms with Crippen LogP contribution in [0, 0.1) is 0 Å². The summed E-state index contributed by atoms with van der Waals surface area (Å²) in [5.41, 5.74) is 9.46. The van der Waals surface area contributed by atoms with E-state index in [4.69, 9.17) is 19.9 Å². The number of methoxy groups -OCH3 is 1. The third-order valence-corrected chi connectivity index (χ3v) is 6.52. The number of amides is 1. The molecule has 0 spiro atoms. The van der Waals surface area contributed by atoms with E-state index >= 15 is 0 Å². The zero-order valence-electron chi connectivity index (χ0n) is 22.4. The standard InChI is InChI=1S/C29H41N3O5/c1-4-5-16-36-25-9-6-7-10-26(25)37-17-13-31-21(2)18-22-19-23-12-15-32(14-8-11-27(33)35-3)28(23)24(20-22)29(30)34/h6-7,9-10,19-21,31H,4-5,8,11-18H2,1-3H3,(H2,30,34). The number of primary amides is 1.